The minimum atomic E-state index is 0.517. The van der Waals surface area contributed by atoms with Crippen LogP contribution in [0.2, 0.25) is 0 Å². The van der Waals surface area contributed by atoms with Gasteiger partial charge >= 0.3 is 0 Å². The van der Waals surface area contributed by atoms with Gasteiger partial charge in [-0.2, -0.15) is 0 Å². The van der Waals surface area contributed by atoms with Crippen LogP contribution in [-0.2, 0) is 0 Å². The fourth-order valence-electron chi connectivity index (χ4n) is 4.34. The molecule has 5 heteroatoms. The van der Waals surface area contributed by atoms with Crippen LogP contribution in [0.5, 0.6) is 5.75 Å². The molecule has 0 spiro atoms. The molecule has 0 saturated carbocycles. The summed E-state index contributed by atoms with van der Waals surface area (Å²) in [7, 11) is 3.62. The summed E-state index contributed by atoms with van der Waals surface area (Å²) in [5.41, 5.74) is 1.36. The van der Waals surface area contributed by atoms with Gasteiger partial charge < -0.3 is 19.9 Å². The highest BCUT2D eigenvalue weighted by molar-refractivity contribution is 5.80. The van der Waals surface area contributed by atoms with Gasteiger partial charge in [0, 0.05) is 33.2 Å². The summed E-state index contributed by atoms with van der Waals surface area (Å²) in [6, 6.07) is 8.43. The van der Waals surface area contributed by atoms with Gasteiger partial charge in [-0.1, -0.05) is 19.1 Å². The number of hydrogen-bond acceptors (Lipinski definition) is 3. The molecule has 2 heterocycles. The lowest BCUT2D eigenvalue weighted by Gasteiger charge is -2.24. The van der Waals surface area contributed by atoms with Crippen molar-refractivity contribution in [2.75, 3.05) is 53.4 Å². The van der Waals surface area contributed by atoms with Crippen LogP contribution in [0.3, 0.4) is 0 Å². The Bertz CT molecular complexity index is 595. The van der Waals surface area contributed by atoms with E-state index >= 15 is 0 Å². The van der Waals surface area contributed by atoms with Gasteiger partial charge in [0.25, 0.3) is 0 Å². The molecule has 2 unspecified atom stereocenters. The van der Waals surface area contributed by atoms with Gasteiger partial charge in [0.2, 0.25) is 0 Å². The van der Waals surface area contributed by atoms with Crippen molar-refractivity contribution in [3.05, 3.63) is 29.8 Å². The lowest BCUT2D eigenvalue weighted by atomic mass is 9.98. The number of likely N-dealkylation sites (tertiary alicyclic amines) is 2. The molecule has 2 aliphatic heterocycles. The largest absolute Gasteiger partial charge is 0.497 e. The van der Waals surface area contributed by atoms with Crippen LogP contribution in [0.25, 0.3) is 0 Å². The highest BCUT2D eigenvalue weighted by Gasteiger charge is 2.27. The Labute approximate surface area is 164 Å². The summed E-state index contributed by atoms with van der Waals surface area (Å²) in [5, 5.41) is 3.59. The average molecular weight is 373 g/mol. The molecule has 0 radical (unpaired) electrons. The Hall–Kier alpha value is -1.75. The number of rotatable bonds is 7. The van der Waals surface area contributed by atoms with Gasteiger partial charge in [0.15, 0.2) is 5.96 Å². The molecular formula is C22H36N4O. The van der Waals surface area contributed by atoms with Gasteiger partial charge in [0.05, 0.1) is 7.11 Å². The van der Waals surface area contributed by atoms with Crippen LogP contribution in [-0.4, -0.2) is 69.2 Å². The Kier molecular flexibility index (Phi) is 7.39. The molecule has 2 saturated heterocycles. The van der Waals surface area contributed by atoms with Crippen LogP contribution < -0.4 is 10.1 Å². The molecule has 0 amide bonds. The van der Waals surface area contributed by atoms with Gasteiger partial charge in [-0.25, -0.2) is 0 Å². The second-order valence-electron chi connectivity index (χ2n) is 8.05. The van der Waals surface area contributed by atoms with Crippen LogP contribution >= 0.6 is 0 Å². The minimum absolute atomic E-state index is 0.517. The molecule has 0 bridgehead atoms. The SMILES string of the molecule is CN=C(NCCC(C)c1ccc(OC)cc1)N1CCC(CN2CCCC2)C1. The second-order valence-corrected chi connectivity index (χ2v) is 8.05. The van der Waals surface area contributed by atoms with Crippen molar-refractivity contribution < 1.29 is 4.74 Å². The smallest absolute Gasteiger partial charge is 0.193 e. The van der Waals surface area contributed by atoms with Crippen molar-refractivity contribution in [3.63, 3.8) is 0 Å². The number of methoxy groups -OCH3 is 1. The lowest BCUT2D eigenvalue weighted by molar-refractivity contribution is 0.281. The fraction of sp³-hybridized carbons (Fsp3) is 0.682. The minimum Gasteiger partial charge on any atom is -0.497 e. The number of hydrogen-bond donors (Lipinski definition) is 1. The molecule has 2 fully saturated rings. The maximum Gasteiger partial charge on any atom is 0.193 e. The van der Waals surface area contributed by atoms with E-state index in [9.17, 15) is 0 Å². The number of aliphatic imine (C=N–C) groups is 1. The Morgan fingerprint density at radius 1 is 1.22 bits per heavy atom. The Balaban J connectivity index is 1.41. The van der Waals surface area contributed by atoms with E-state index in [0.717, 1.165) is 43.7 Å². The number of ether oxygens (including phenoxy) is 1. The van der Waals surface area contributed by atoms with Crippen molar-refractivity contribution in [1.29, 1.82) is 0 Å². The van der Waals surface area contributed by atoms with E-state index < -0.39 is 0 Å². The molecule has 2 atom stereocenters. The molecule has 1 N–H and O–H groups in total. The number of nitrogens with zero attached hydrogens (tertiary/aromatic N) is 3. The molecule has 0 aliphatic carbocycles. The molecule has 2 aliphatic rings. The van der Waals surface area contributed by atoms with Crippen LogP contribution in [0.4, 0.5) is 0 Å². The van der Waals surface area contributed by atoms with Crippen LogP contribution in [0, 0.1) is 5.92 Å². The first-order valence-corrected chi connectivity index (χ1v) is 10.5. The van der Waals surface area contributed by atoms with Crippen molar-refractivity contribution in [1.82, 2.24) is 15.1 Å². The topological polar surface area (TPSA) is 40.1 Å². The maximum atomic E-state index is 5.25. The van der Waals surface area contributed by atoms with Gasteiger partial charge in [0.1, 0.15) is 5.75 Å². The van der Waals surface area contributed by atoms with Gasteiger partial charge in [-0.15, -0.1) is 0 Å². The summed E-state index contributed by atoms with van der Waals surface area (Å²) in [4.78, 5) is 9.61. The first-order chi connectivity index (χ1) is 13.2. The summed E-state index contributed by atoms with van der Waals surface area (Å²) < 4.78 is 5.25. The third-order valence-corrected chi connectivity index (χ3v) is 6.06. The monoisotopic (exact) mass is 372 g/mol. The highest BCUT2D eigenvalue weighted by Crippen LogP contribution is 2.22. The summed E-state index contributed by atoms with van der Waals surface area (Å²) in [6.07, 6.45) is 5.15. The second kappa shape index (κ2) is 9.98. The van der Waals surface area contributed by atoms with E-state index in [2.05, 4.69) is 39.2 Å². The zero-order valence-electron chi connectivity index (χ0n) is 17.3. The normalized spacial score (nSPS) is 22.3. The molecule has 27 heavy (non-hydrogen) atoms. The van der Waals surface area contributed by atoms with E-state index in [4.69, 9.17) is 4.74 Å². The van der Waals surface area contributed by atoms with E-state index in [1.807, 2.05) is 19.2 Å². The van der Waals surface area contributed by atoms with Crippen LogP contribution in [0.1, 0.15) is 44.1 Å². The third kappa shape index (κ3) is 5.61. The third-order valence-electron chi connectivity index (χ3n) is 6.06. The molecule has 0 aromatic heterocycles. The molecule has 150 valence electrons. The standard InChI is InChI=1S/C22H36N4O/c1-18(20-6-8-21(27-3)9-7-20)10-12-24-22(23-2)26-15-11-19(17-26)16-25-13-4-5-14-25/h6-9,18-19H,4-5,10-17H2,1-3H3,(H,23,24). The molecule has 5 nitrogen and oxygen atoms in total. The number of guanidine groups is 1. The van der Waals surface area contributed by atoms with E-state index in [0.29, 0.717) is 5.92 Å². The summed E-state index contributed by atoms with van der Waals surface area (Å²) in [6.45, 7) is 9.37. The maximum absolute atomic E-state index is 5.25. The summed E-state index contributed by atoms with van der Waals surface area (Å²) in [5.74, 6) is 3.30. The molecular weight excluding hydrogens is 336 g/mol. The Morgan fingerprint density at radius 2 is 1.96 bits per heavy atom. The van der Waals surface area contributed by atoms with E-state index in [-0.39, 0.29) is 0 Å². The van der Waals surface area contributed by atoms with Gasteiger partial charge in [-0.3, -0.25) is 4.99 Å². The van der Waals surface area contributed by atoms with Crippen molar-refractivity contribution in [3.8, 4) is 5.75 Å². The van der Waals surface area contributed by atoms with Crippen LogP contribution in [0.15, 0.2) is 29.3 Å². The first kappa shape index (κ1) is 20.0. The lowest BCUT2D eigenvalue weighted by Crippen LogP contribution is -2.41. The van der Waals surface area contributed by atoms with Crippen molar-refractivity contribution in [2.24, 2.45) is 10.9 Å². The molecule has 1 aromatic carbocycles. The zero-order chi connectivity index (χ0) is 19.1. The quantitative estimate of drug-likeness (QED) is 0.589. The molecule has 3 rings (SSSR count). The molecule has 1 aromatic rings. The average Bonchev–Trinajstić information content (AvgIpc) is 3.38. The fourth-order valence-corrected chi connectivity index (χ4v) is 4.34. The van der Waals surface area contributed by atoms with Crippen molar-refractivity contribution >= 4 is 5.96 Å². The van der Waals surface area contributed by atoms with E-state index in [1.165, 1.54) is 44.5 Å². The number of benzene rings is 1. The van der Waals surface area contributed by atoms with E-state index in [1.54, 1.807) is 7.11 Å². The predicted molar refractivity (Wildman–Crippen MR) is 113 cm³/mol. The Morgan fingerprint density at radius 3 is 2.63 bits per heavy atom. The predicted octanol–water partition coefficient (Wildman–Crippen LogP) is 3.18. The summed E-state index contributed by atoms with van der Waals surface area (Å²) >= 11 is 0. The number of nitrogens with one attached hydrogen (secondary N) is 1. The highest BCUT2D eigenvalue weighted by atomic mass is 16.5. The first-order valence-electron chi connectivity index (χ1n) is 10.5. The zero-order valence-corrected chi connectivity index (χ0v) is 17.3. The van der Waals surface area contributed by atoms with Gasteiger partial charge in [-0.05, 0) is 68.3 Å². The van der Waals surface area contributed by atoms with Crippen molar-refractivity contribution in [2.45, 2.75) is 38.5 Å².